The predicted molar refractivity (Wildman–Crippen MR) is 73.0 cm³/mol. The average Bonchev–Trinajstić information content (AvgIpc) is 2.30. The Morgan fingerprint density at radius 1 is 1.00 bits per heavy atom. The van der Waals surface area contributed by atoms with Gasteiger partial charge in [-0.05, 0) is 24.5 Å². The first-order chi connectivity index (χ1) is 7.75. The number of hydrogen-bond acceptors (Lipinski definition) is 0. The van der Waals surface area contributed by atoms with Gasteiger partial charge in [-0.25, -0.2) is 0 Å². The highest BCUT2D eigenvalue weighted by Crippen LogP contribution is 2.26. The van der Waals surface area contributed by atoms with Crippen LogP contribution in [0.5, 0.6) is 0 Å². The van der Waals surface area contributed by atoms with Crippen LogP contribution in [0.4, 0.5) is 0 Å². The van der Waals surface area contributed by atoms with E-state index in [2.05, 4.69) is 77.5 Å². The van der Waals surface area contributed by atoms with Crippen LogP contribution in [-0.2, 0) is 6.42 Å². The second-order valence-electron chi connectivity index (χ2n) is 4.07. The molecule has 0 nitrogen and oxygen atoms in total. The molecule has 0 fully saturated rings. The van der Waals surface area contributed by atoms with Crippen molar-refractivity contribution < 1.29 is 0 Å². The molecule has 1 unspecified atom stereocenters. The zero-order valence-electron chi connectivity index (χ0n) is 9.36. The van der Waals surface area contributed by atoms with E-state index in [4.69, 9.17) is 0 Å². The van der Waals surface area contributed by atoms with Gasteiger partial charge in [0.05, 0.1) is 0 Å². The lowest BCUT2D eigenvalue weighted by atomic mass is 10.0. The molecule has 0 bridgehead atoms. The van der Waals surface area contributed by atoms with E-state index >= 15 is 0 Å². The first-order valence-electron chi connectivity index (χ1n) is 5.50. The third-order valence-corrected chi connectivity index (χ3v) is 3.51. The van der Waals surface area contributed by atoms with Gasteiger partial charge in [0.2, 0.25) is 0 Å². The Morgan fingerprint density at radius 3 is 2.44 bits per heavy atom. The van der Waals surface area contributed by atoms with E-state index in [9.17, 15) is 0 Å². The Hall–Kier alpha value is -1.08. The summed E-state index contributed by atoms with van der Waals surface area (Å²) < 4.78 is 0. The van der Waals surface area contributed by atoms with Crippen molar-refractivity contribution in [3.8, 4) is 0 Å². The van der Waals surface area contributed by atoms with E-state index < -0.39 is 0 Å². The summed E-state index contributed by atoms with van der Waals surface area (Å²) in [7, 11) is 0. The van der Waals surface area contributed by atoms with Gasteiger partial charge in [0.15, 0.2) is 0 Å². The molecule has 0 amide bonds. The fraction of sp³-hybridized carbons (Fsp3) is 0.200. The lowest BCUT2D eigenvalue weighted by Gasteiger charge is -2.10. The molecule has 1 atom stereocenters. The zero-order valence-corrected chi connectivity index (χ0v) is 10.9. The van der Waals surface area contributed by atoms with Crippen LogP contribution in [0, 0.1) is 6.92 Å². The summed E-state index contributed by atoms with van der Waals surface area (Å²) in [6, 6.07) is 19.2. The fourth-order valence-corrected chi connectivity index (χ4v) is 2.50. The smallest absolute Gasteiger partial charge is 0.0435 e. The van der Waals surface area contributed by atoms with Crippen LogP contribution in [-0.4, -0.2) is 0 Å². The van der Waals surface area contributed by atoms with E-state index in [0.717, 1.165) is 6.42 Å². The predicted octanol–water partition coefficient (Wildman–Crippen LogP) is 4.67. The average molecular weight is 275 g/mol. The molecule has 0 aromatic heterocycles. The third-order valence-electron chi connectivity index (χ3n) is 2.66. The highest BCUT2D eigenvalue weighted by Gasteiger charge is 2.07. The van der Waals surface area contributed by atoms with Crippen molar-refractivity contribution in [2.75, 3.05) is 0 Å². The molecule has 0 aliphatic rings. The molecule has 0 radical (unpaired) electrons. The molecule has 0 heterocycles. The number of halogens is 1. The lowest BCUT2D eigenvalue weighted by molar-refractivity contribution is 0.947. The summed E-state index contributed by atoms with van der Waals surface area (Å²) >= 11 is 3.75. The summed E-state index contributed by atoms with van der Waals surface area (Å²) in [4.78, 5) is 0.399. The van der Waals surface area contributed by atoms with E-state index in [1.54, 1.807) is 0 Å². The molecule has 82 valence electrons. The maximum Gasteiger partial charge on any atom is 0.0435 e. The highest BCUT2D eigenvalue weighted by molar-refractivity contribution is 9.09. The van der Waals surface area contributed by atoms with Crippen LogP contribution in [0.3, 0.4) is 0 Å². The normalized spacial score (nSPS) is 12.4. The first-order valence-corrected chi connectivity index (χ1v) is 6.42. The monoisotopic (exact) mass is 274 g/mol. The SMILES string of the molecule is Cc1cccc(CC(Br)c2ccccc2)c1. The van der Waals surface area contributed by atoms with Gasteiger partial charge in [-0.15, -0.1) is 0 Å². The van der Waals surface area contributed by atoms with Crippen LogP contribution >= 0.6 is 15.9 Å². The molecule has 0 N–H and O–H groups in total. The van der Waals surface area contributed by atoms with Gasteiger partial charge in [0.25, 0.3) is 0 Å². The minimum absolute atomic E-state index is 0.399. The van der Waals surface area contributed by atoms with Crippen LogP contribution in [0.2, 0.25) is 0 Å². The Morgan fingerprint density at radius 2 is 1.75 bits per heavy atom. The number of benzene rings is 2. The topological polar surface area (TPSA) is 0 Å². The summed E-state index contributed by atoms with van der Waals surface area (Å²) in [5.41, 5.74) is 4.04. The van der Waals surface area contributed by atoms with Gasteiger partial charge >= 0.3 is 0 Å². The molecule has 1 heteroatoms. The molecule has 0 saturated carbocycles. The molecular weight excluding hydrogens is 260 g/mol. The second kappa shape index (κ2) is 5.31. The summed E-state index contributed by atoms with van der Waals surface area (Å²) in [6.45, 7) is 2.13. The molecule has 0 aliphatic heterocycles. The second-order valence-corrected chi connectivity index (χ2v) is 5.18. The summed E-state index contributed by atoms with van der Waals surface area (Å²) in [5.74, 6) is 0. The van der Waals surface area contributed by atoms with Crippen molar-refractivity contribution in [3.63, 3.8) is 0 Å². The van der Waals surface area contributed by atoms with Gasteiger partial charge in [-0.1, -0.05) is 76.1 Å². The van der Waals surface area contributed by atoms with Crippen molar-refractivity contribution in [3.05, 3.63) is 71.3 Å². The fourth-order valence-electron chi connectivity index (χ4n) is 1.83. The molecule has 0 saturated heterocycles. The molecule has 0 spiro atoms. The summed E-state index contributed by atoms with van der Waals surface area (Å²) in [5, 5.41) is 0. The first kappa shape index (κ1) is 11.4. The minimum atomic E-state index is 0.399. The van der Waals surface area contributed by atoms with E-state index in [-0.39, 0.29) is 0 Å². The van der Waals surface area contributed by atoms with Gasteiger partial charge in [-0.2, -0.15) is 0 Å². The number of hydrogen-bond donors (Lipinski definition) is 0. The maximum absolute atomic E-state index is 3.75. The molecule has 2 aromatic carbocycles. The Labute approximate surface area is 105 Å². The quantitative estimate of drug-likeness (QED) is 0.714. The van der Waals surface area contributed by atoms with Gasteiger partial charge < -0.3 is 0 Å². The van der Waals surface area contributed by atoms with Crippen molar-refractivity contribution in [2.24, 2.45) is 0 Å². The van der Waals surface area contributed by atoms with Crippen LogP contribution < -0.4 is 0 Å². The number of alkyl halides is 1. The molecule has 16 heavy (non-hydrogen) atoms. The zero-order chi connectivity index (χ0) is 11.4. The van der Waals surface area contributed by atoms with Crippen LogP contribution in [0.15, 0.2) is 54.6 Å². The Kier molecular flexibility index (Phi) is 3.79. The van der Waals surface area contributed by atoms with Gasteiger partial charge in [-0.3, -0.25) is 0 Å². The Bertz CT molecular complexity index is 448. The van der Waals surface area contributed by atoms with E-state index in [1.165, 1.54) is 16.7 Å². The van der Waals surface area contributed by atoms with Gasteiger partial charge in [0, 0.05) is 4.83 Å². The highest BCUT2D eigenvalue weighted by atomic mass is 79.9. The summed E-state index contributed by atoms with van der Waals surface area (Å²) in [6.07, 6.45) is 1.03. The lowest BCUT2D eigenvalue weighted by Crippen LogP contribution is -1.95. The van der Waals surface area contributed by atoms with Crippen molar-refractivity contribution in [1.82, 2.24) is 0 Å². The van der Waals surface area contributed by atoms with Crippen molar-refractivity contribution in [2.45, 2.75) is 18.2 Å². The molecule has 2 rings (SSSR count). The third kappa shape index (κ3) is 2.96. The van der Waals surface area contributed by atoms with Crippen molar-refractivity contribution >= 4 is 15.9 Å². The maximum atomic E-state index is 3.75. The standard InChI is InChI=1S/C15H15Br/c1-12-6-5-7-13(10-12)11-15(16)14-8-3-2-4-9-14/h2-10,15H,11H2,1H3. The van der Waals surface area contributed by atoms with Crippen molar-refractivity contribution in [1.29, 1.82) is 0 Å². The number of aryl methyl sites for hydroxylation is 1. The van der Waals surface area contributed by atoms with Gasteiger partial charge in [0.1, 0.15) is 0 Å². The van der Waals surface area contributed by atoms with Crippen LogP contribution in [0.1, 0.15) is 21.5 Å². The minimum Gasteiger partial charge on any atom is -0.0835 e. The Balaban J connectivity index is 2.11. The van der Waals surface area contributed by atoms with Crippen LogP contribution in [0.25, 0.3) is 0 Å². The van der Waals surface area contributed by atoms with E-state index in [1.807, 2.05) is 0 Å². The number of rotatable bonds is 3. The molecule has 2 aromatic rings. The largest absolute Gasteiger partial charge is 0.0835 e. The molecular formula is C15H15Br. The molecule has 0 aliphatic carbocycles. The van der Waals surface area contributed by atoms with E-state index in [0.29, 0.717) is 4.83 Å².